The maximum Gasteiger partial charge on any atom is 0.165 e. The van der Waals surface area contributed by atoms with E-state index in [2.05, 4.69) is 15.3 Å². The first-order valence-corrected chi connectivity index (χ1v) is 8.00. The van der Waals surface area contributed by atoms with Crippen LogP contribution in [0.4, 0.5) is 15.9 Å². The molecule has 3 aromatic rings. The van der Waals surface area contributed by atoms with E-state index in [1.165, 1.54) is 12.4 Å². The molecule has 0 aliphatic heterocycles. The van der Waals surface area contributed by atoms with Crippen molar-refractivity contribution in [2.24, 2.45) is 0 Å². The molecule has 24 heavy (non-hydrogen) atoms. The van der Waals surface area contributed by atoms with E-state index in [1.807, 2.05) is 13.0 Å². The zero-order chi connectivity index (χ0) is 17.3. The van der Waals surface area contributed by atoms with Crippen LogP contribution in [-0.4, -0.2) is 17.1 Å². The first-order valence-electron chi connectivity index (χ1n) is 7.19. The van der Waals surface area contributed by atoms with Crippen molar-refractivity contribution in [3.8, 4) is 5.75 Å². The van der Waals surface area contributed by atoms with Gasteiger partial charge in [-0.05, 0) is 25.1 Å². The number of nitrogens with zero attached hydrogens (tertiary/aromatic N) is 2. The molecule has 4 nitrogen and oxygen atoms in total. The highest BCUT2D eigenvalue weighted by Gasteiger charge is 2.15. The van der Waals surface area contributed by atoms with Crippen LogP contribution in [0, 0.1) is 5.82 Å². The van der Waals surface area contributed by atoms with Gasteiger partial charge in [-0.15, -0.1) is 11.6 Å². The highest BCUT2D eigenvalue weighted by Crippen LogP contribution is 2.35. The van der Waals surface area contributed by atoms with Crippen molar-refractivity contribution in [1.29, 1.82) is 0 Å². The number of hydrogen-bond donors (Lipinski definition) is 1. The maximum absolute atomic E-state index is 14.1. The summed E-state index contributed by atoms with van der Waals surface area (Å²) in [6.45, 7) is 1.85. The number of aromatic nitrogens is 2. The molecule has 7 heteroatoms. The summed E-state index contributed by atoms with van der Waals surface area (Å²) in [5.74, 6) is 0.566. The van der Waals surface area contributed by atoms with Crippen molar-refractivity contribution in [3.05, 3.63) is 53.1 Å². The molecular formula is C17H14Cl2FN3O. The fourth-order valence-electron chi connectivity index (χ4n) is 2.42. The zero-order valence-corrected chi connectivity index (χ0v) is 14.5. The lowest BCUT2D eigenvalue weighted by atomic mass is 10.1. The molecule has 1 atom stereocenters. The van der Waals surface area contributed by atoms with E-state index in [4.69, 9.17) is 27.9 Å². The second-order valence-electron chi connectivity index (χ2n) is 5.18. The van der Waals surface area contributed by atoms with Crippen molar-refractivity contribution < 1.29 is 9.13 Å². The Kier molecular flexibility index (Phi) is 4.73. The summed E-state index contributed by atoms with van der Waals surface area (Å²) in [6, 6.07) is 8.36. The minimum Gasteiger partial charge on any atom is -0.496 e. The molecule has 1 N–H and O–H groups in total. The maximum atomic E-state index is 14.1. The van der Waals surface area contributed by atoms with Crippen LogP contribution in [0.1, 0.15) is 17.9 Å². The van der Waals surface area contributed by atoms with Crippen LogP contribution in [0.2, 0.25) is 5.02 Å². The minimum absolute atomic E-state index is 0.0371. The lowest BCUT2D eigenvalue weighted by Gasteiger charge is -2.14. The van der Waals surface area contributed by atoms with Gasteiger partial charge in [0.15, 0.2) is 5.82 Å². The molecule has 1 heterocycles. The topological polar surface area (TPSA) is 47.0 Å². The smallest absolute Gasteiger partial charge is 0.165 e. The largest absolute Gasteiger partial charge is 0.496 e. The van der Waals surface area contributed by atoms with Crippen LogP contribution < -0.4 is 10.1 Å². The number of halogens is 3. The summed E-state index contributed by atoms with van der Waals surface area (Å²) in [7, 11) is 1.58. The van der Waals surface area contributed by atoms with E-state index in [0.717, 1.165) is 5.56 Å². The molecule has 1 unspecified atom stereocenters. The lowest BCUT2D eigenvalue weighted by Crippen LogP contribution is -2.00. The SMILES string of the molecule is COc1cc2ncnc(Nc3cccc(Cl)c3F)c2cc1C(C)Cl. The number of hydrogen-bond acceptors (Lipinski definition) is 4. The van der Waals surface area contributed by atoms with E-state index in [1.54, 1.807) is 25.3 Å². The van der Waals surface area contributed by atoms with Gasteiger partial charge in [0.25, 0.3) is 0 Å². The number of alkyl halides is 1. The fraction of sp³-hybridized carbons (Fsp3) is 0.176. The molecule has 0 amide bonds. The average molecular weight is 366 g/mol. The summed E-state index contributed by atoms with van der Waals surface area (Å²) < 4.78 is 19.5. The number of methoxy groups -OCH3 is 1. The number of rotatable bonds is 4. The van der Waals surface area contributed by atoms with Gasteiger partial charge in [0.1, 0.15) is 17.9 Å². The van der Waals surface area contributed by atoms with Crippen LogP contribution in [-0.2, 0) is 0 Å². The third-order valence-corrected chi connectivity index (χ3v) is 4.15. The monoisotopic (exact) mass is 365 g/mol. The minimum atomic E-state index is -0.537. The first-order chi connectivity index (χ1) is 11.5. The Morgan fingerprint density at radius 3 is 2.75 bits per heavy atom. The molecule has 124 valence electrons. The molecule has 0 spiro atoms. The van der Waals surface area contributed by atoms with Crippen LogP contribution in [0.5, 0.6) is 5.75 Å². The Bertz CT molecular complexity index is 902. The van der Waals surface area contributed by atoms with E-state index < -0.39 is 5.82 Å². The number of anilines is 2. The van der Waals surface area contributed by atoms with Crippen LogP contribution in [0.3, 0.4) is 0 Å². The Morgan fingerprint density at radius 2 is 2.04 bits per heavy atom. The predicted molar refractivity (Wildman–Crippen MR) is 95.1 cm³/mol. The fourth-order valence-corrected chi connectivity index (χ4v) is 2.76. The van der Waals surface area contributed by atoms with E-state index in [-0.39, 0.29) is 16.1 Å². The van der Waals surface area contributed by atoms with Gasteiger partial charge in [0, 0.05) is 17.0 Å². The van der Waals surface area contributed by atoms with Crippen LogP contribution in [0.15, 0.2) is 36.7 Å². The summed E-state index contributed by atoms with van der Waals surface area (Å²) in [4.78, 5) is 8.45. The van der Waals surface area contributed by atoms with Crippen molar-refractivity contribution in [1.82, 2.24) is 9.97 Å². The Morgan fingerprint density at radius 1 is 1.25 bits per heavy atom. The van der Waals surface area contributed by atoms with Gasteiger partial charge in [-0.3, -0.25) is 0 Å². The Hall–Kier alpha value is -2.11. The molecular weight excluding hydrogens is 352 g/mol. The number of nitrogens with one attached hydrogen (secondary N) is 1. The number of fused-ring (bicyclic) bond motifs is 1. The zero-order valence-electron chi connectivity index (χ0n) is 13.0. The van der Waals surface area contributed by atoms with Gasteiger partial charge in [0.05, 0.1) is 28.7 Å². The first kappa shape index (κ1) is 16.7. The van der Waals surface area contributed by atoms with Gasteiger partial charge in [0.2, 0.25) is 0 Å². The molecule has 0 aliphatic carbocycles. The van der Waals surface area contributed by atoms with Gasteiger partial charge < -0.3 is 10.1 Å². The highest BCUT2D eigenvalue weighted by molar-refractivity contribution is 6.31. The third-order valence-electron chi connectivity index (χ3n) is 3.62. The van der Waals surface area contributed by atoms with Gasteiger partial charge in [-0.1, -0.05) is 17.7 Å². The summed E-state index contributed by atoms with van der Waals surface area (Å²) >= 11 is 12.1. The Balaban J connectivity index is 2.14. The van der Waals surface area contributed by atoms with Crippen molar-refractivity contribution >= 4 is 45.6 Å². The molecule has 0 fully saturated rings. The molecule has 0 saturated carbocycles. The van der Waals surface area contributed by atoms with E-state index in [9.17, 15) is 4.39 Å². The Labute approximate surface area is 148 Å². The van der Waals surface area contributed by atoms with Crippen LogP contribution in [0.25, 0.3) is 10.9 Å². The molecule has 0 radical (unpaired) electrons. The summed E-state index contributed by atoms with van der Waals surface area (Å²) in [5.41, 5.74) is 1.70. The van der Waals surface area contributed by atoms with E-state index >= 15 is 0 Å². The van der Waals surface area contributed by atoms with Gasteiger partial charge in [-0.2, -0.15) is 0 Å². The quantitative estimate of drug-likeness (QED) is 0.622. The molecule has 0 bridgehead atoms. The molecule has 1 aromatic heterocycles. The highest BCUT2D eigenvalue weighted by atomic mass is 35.5. The predicted octanol–water partition coefficient (Wildman–Crippen LogP) is 5.47. The second kappa shape index (κ2) is 6.79. The molecule has 0 saturated heterocycles. The number of ether oxygens (including phenoxy) is 1. The van der Waals surface area contributed by atoms with Crippen molar-refractivity contribution in [2.45, 2.75) is 12.3 Å². The summed E-state index contributed by atoms with van der Waals surface area (Å²) in [6.07, 6.45) is 1.40. The summed E-state index contributed by atoms with van der Waals surface area (Å²) in [5, 5.41) is 3.45. The second-order valence-corrected chi connectivity index (χ2v) is 6.24. The van der Waals surface area contributed by atoms with Crippen molar-refractivity contribution in [3.63, 3.8) is 0 Å². The van der Waals surface area contributed by atoms with Crippen molar-refractivity contribution in [2.75, 3.05) is 12.4 Å². The third kappa shape index (κ3) is 3.09. The average Bonchev–Trinajstić information content (AvgIpc) is 2.58. The molecule has 2 aromatic carbocycles. The molecule has 0 aliphatic rings. The van der Waals surface area contributed by atoms with E-state index in [0.29, 0.717) is 22.5 Å². The standard InChI is InChI=1S/C17H14Cl2FN3O/c1-9(18)10-6-11-14(7-15(10)24-2)21-8-22-17(11)23-13-5-3-4-12(19)16(13)20/h3-9H,1-2H3,(H,21,22,23). The van der Waals surface area contributed by atoms with Crippen LogP contribution >= 0.6 is 23.2 Å². The van der Waals surface area contributed by atoms with Gasteiger partial charge in [-0.25, -0.2) is 14.4 Å². The van der Waals surface area contributed by atoms with Gasteiger partial charge >= 0.3 is 0 Å². The number of benzene rings is 2. The molecule has 3 rings (SSSR count). The lowest BCUT2D eigenvalue weighted by molar-refractivity contribution is 0.410. The normalized spacial score (nSPS) is 12.2.